The predicted molar refractivity (Wildman–Crippen MR) is 92.8 cm³/mol. The van der Waals surface area contributed by atoms with Crippen LogP contribution in [-0.2, 0) is 0 Å². The molecule has 0 fully saturated rings. The van der Waals surface area contributed by atoms with Gasteiger partial charge in [0.25, 0.3) is 11.8 Å². The van der Waals surface area contributed by atoms with Gasteiger partial charge in [0.2, 0.25) is 0 Å². The summed E-state index contributed by atoms with van der Waals surface area (Å²) in [5.74, 6) is 0.223. The lowest BCUT2D eigenvalue weighted by atomic mass is 10.2. The number of aryl methyl sites for hydroxylation is 1. The zero-order valence-electron chi connectivity index (χ0n) is 13.0. The molecular weight excluding hydrogens is 342 g/mol. The molecule has 0 saturated carbocycles. The lowest BCUT2D eigenvalue weighted by Gasteiger charge is -2.04. The summed E-state index contributed by atoms with van der Waals surface area (Å²) >= 11 is 1.30. The van der Waals surface area contributed by atoms with Crippen molar-refractivity contribution in [3.63, 3.8) is 0 Å². The Balaban J connectivity index is 1.68. The monoisotopic (exact) mass is 353 g/mol. The smallest absolute Gasteiger partial charge is 0.292 e. The van der Waals surface area contributed by atoms with Gasteiger partial charge in [-0.15, -0.1) is 11.3 Å². The molecule has 0 unspecified atom stereocenters. The molecule has 0 aliphatic rings. The van der Waals surface area contributed by atoms with Gasteiger partial charge in [-0.3, -0.25) is 9.59 Å². The number of nitrogens with zero attached hydrogens (tertiary/aromatic N) is 2. The van der Waals surface area contributed by atoms with Crippen LogP contribution in [0.1, 0.15) is 16.4 Å². The highest BCUT2D eigenvalue weighted by Crippen LogP contribution is 2.32. The van der Waals surface area contributed by atoms with Crippen molar-refractivity contribution in [3.8, 4) is 11.5 Å². The fourth-order valence-corrected chi connectivity index (χ4v) is 3.14. The number of carbonyl (C=O) groups is 1. The van der Waals surface area contributed by atoms with E-state index in [9.17, 15) is 9.59 Å². The van der Waals surface area contributed by atoms with Crippen LogP contribution < -0.4 is 10.7 Å². The number of amides is 1. The maximum atomic E-state index is 12.5. The van der Waals surface area contributed by atoms with E-state index in [1.54, 1.807) is 42.6 Å². The van der Waals surface area contributed by atoms with E-state index in [2.05, 4.69) is 15.5 Å². The van der Waals surface area contributed by atoms with Crippen LogP contribution >= 0.6 is 11.3 Å². The van der Waals surface area contributed by atoms with Crippen molar-refractivity contribution in [2.75, 3.05) is 5.32 Å². The number of carbonyl (C=O) groups excluding carboxylic acids is 1. The Bertz CT molecular complexity index is 1140. The van der Waals surface area contributed by atoms with E-state index in [-0.39, 0.29) is 11.2 Å². The van der Waals surface area contributed by atoms with E-state index in [1.807, 2.05) is 0 Å². The zero-order valence-corrected chi connectivity index (χ0v) is 13.8. The summed E-state index contributed by atoms with van der Waals surface area (Å²) < 4.78 is 10.7. The quantitative estimate of drug-likeness (QED) is 0.605. The Hall–Kier alpha value is -3.26. The van der Waals surface area contributed by atoms with Crippen molar-refractivity contribution in [1.29, 1.82) is 0 Å². The Morgan fingerprint density at radius 1 is 1.24 bits per heavy atom. The van der Waals surface area contributed by atoms with E-state index in [0.29, 0.717) is 33.2 Å². The molecule has 0 atom stereocenters. The zero-order chi connectivity index (χ0) is 17.4. The largest absolute Gasteiger partial charge is 0.451 e. The van der Waals surface area contributed by atoms with E-state index in [0.717, 1.165) is 0 Å². The number of fused-ring (bicyclic) bond motifs is 1. The molecule has 0 bridgehead atoms. The molecule has 4 aromatic rings. The first-order valence-corrected chi connectivity index (χ1v) is 8.22. The van der Waals surface area contributed by atoms with Gasteiger partial charge in [-0.2, -0.15) is 4.98 Å². The fraction of sp³-hybridized carbons (Fsp3) is 0.0588. The van der Waals surface area contributed by atoms with Crippen molar-refractivity contribution < 1.29 is 13.7 Å². The summed E-state index contributed by atoms with van der Waals surface area (Å²) in [5, 5.41) is 9.22. The van der Waals surface area contributed by atoms with Crippen molar-refractivity contribution in [1.82, 2.24) is 10.1 Å². The van der Waals surface area contributed by atoms with Crippen LogP contribution in [0.25, 0.3) is 22.4 Å². The van der Waals surface area contributed by atoms with Gasteiger partial charge in [-0.05, 0) is 30.5 Å². The van der Waals surface area contributed by atoms with Gasteiger partial charge in [-0.25, -0.2) is 0 Å². The summed E-state index contributed by atoms with van der Waals surface area (Å²) in [4.78, 5) is 28.8. The number of thiophene rings is 1. The summed E-state index contributed by atoms with van der Waals surface area (Å²) in [5.41, 5.74) is 0.701. The first-order valence-electron chi connectivity index (χ1n) is 7.34. The first-order chi connectivity index (χ1) is 12.1. The van der Waals surface area contributed by atoms with E-state index < -0.39 is 5.91 Å². The highest BCUT2D eigenvalue weighted by atomic mass is 32.1. The number of para-hydroxylation sites is 1. The molecule has 1 amide bonds. The lowest BCUT2D eigenvalue weighted by molar-refractivity contribution is 0.0997. The Morgan fingerprint density at radius 3 is 2.88 bits per heavy atom. The lowest BCUT2D eigenvalue weighted by Crippen LogP contribution is -2.14. The fourth-order valence-electron chi connectivity index (χ4n) is 2.36. The molecule has 0 aliphatic heterocycles. The second kappa shape index (κ2) is 5.99. The summed E-state index contributed by atoms with van der Waals surface area (Å²) in [6, 6.07) is 9.72. The third-order valence-electron chi connectivity index (χ3n) is 3.51. The summed E-state index contributed by atoms with van der Waals surface area (Å²) in [6.07, 6.45) is 0. The standard InChI is InChI=1S/C17H11N3O4S/c1-9-18-16(24-20-9)11-6-7-25-17(11)19-15(22)14-8-12(21)10-4-2-3-5-13(10)23-14/h2-8H,1H3,(H,19,22). The molecule has 3 aromatic heterocycles. The molecular formula is C17H11N3O4S. The third kappa shape index (κ3) is 2.83. The van der Waals surface area contributed by atoms with Gasteiger partial charge in [-0.1, -0.05) is 17.3 Å². The molecule has 3 heterocycles. The maximum absolute atomic E-state index is 12.5. The molecule has 0 aliphatic carbocycles. The average Bonchev–Trinajstić information content (AvgIpc) is 3.23. The number of aromatic nitrogens is 2. The van der Waals surface area contributed by atoms with Crippen molar-refractivity contribution >= 4 is 33.2 Å². The number of anilines is 1. The number of rotatable bonds is 3. The minimum absolute atomic E-state index is 0.0650. The normalized spacial score (nSPS) is 10.9. The third-order valence-corrected chi connectivity index (χ3v) is 4.34. The van der Waals surface area contributed by atoms with Gasteiger partial charge in [0.1, 0.15) is 10.6 Å². The van der Waals surface area contributed by atoms with Crippen molar-refractivity contribution in [2.45, 2.75) is 6.92 Å². The molecule has 1 aromatic carbocycles. The molecule has 0 saturated heterocycles. The first kappa shape index (κ1) is 15.3. The number of hydrogen-bond acceptors (Lipinski definition) is 7. The van der Waals surface area contributed by atoms with E-state index >= 15 is 0 Å². The van der Waals surface area contributed by atoms with Crippen molar-refractivity contribution in [3.05, 3.63) is 63.6 Å². The van der Waals surface area contributed by atoms with Gasteiger partial charge in [0.15, 0.2) is 17.0 Å². The van der Waals surface area contributed by atoms with Crippen LogP contribution in [0, 0.1) is 6.92 Å². The van der Waals surface area contributed by atoms with Crippen LogP contribution in [-0.4, -0.2) is 16.0 Å². The molecule has 124 valence electrons. The highest BCUT2D eigenvalue weighted by molar-refractivity contribution is 7.15. The highest BCUT2D eigenvalue weighted by Gasteiger charge is 2.18. The van der Waals surface area contributed by atoms with Crippen molar-refractivity contribution in [2.24, 2.45) is 0 Å². The molecule has 25 heavy (non-hydrogen) atoms. The van der Waals surface area contributed by atoms with Crippen LogP contribution in [0.15, 0.2) is 55.5 Å². The minimum atomic E-state index is -0.525. The topological polar surface area (TPSA) is 98.2 Å². The second-order valence-corrected chi connectivity index (χ2v) is 6.15. The van der Waals surface area contributed by atoms with Gasteiger partial charge in [0, 0.05) is 6.07 Å². The number of benzene rings is 1. The van der Waals surface area contributed by atoms with E-state index in [1.165, 1.54) is 17.4 Å². The molecule has 1 N–H and O–H groups in total. The van der Waals surface area contributed by atoms with Crippen LogP contribution in [0.2, 0.25) is 0 Å². The van der Waals surface area contributed by atoms with Crippen LogP contribution in [0.5, 0.6) is 0 Å². The van der Waals surface area contributed by atoms with Gasteiger partial charge < -0.3 is 14.3 Å². The predicted octanol–water partition coefficient (Wildman–Crippen LogP) is 3.47. The molecule has 7 nitrogen and oxygen atoms in total. The summed E-state index contributed by atoms with van der Waals surface area (Å²) in [6.45, 7) is 1.71. The SMILES string of the molecule is Cc1noc(-c2ccsc2NC(=O)c2cc(=O)c3ccccc3o2)n1. The van der Waals surface area contributed by atoms with Crippen LogP contribution in [0.4, 0.5) is 5.00 Å². The Kier molecular flexibility index (Phi) is 3.66. The van der Waals surface area contributed by atoms with E-state index in [4.69, 9.17) is 8.94 Å². The molecule has 8 heteroatoms. The minimum Gasteiger partial charge on any atom is -0.451 e. The Labute approximate surface area is 144 Å². The number of hydrogen-bond donors (Lipinski definition) is 1. The summed E-state index contributed by atoms with van der Waals surface area (Å²) in [7, 11) is 0. The maximum Gasteiger partial charge on any atom is 0.292 e. The number of nitrogens with one attached hydrogen (secondary N) is 1. The van der Waals surface area contributed by atoms with Gasteiger partial charge in [0.05, 0.1) is 10.9 Å². The Morgan fingerprint density at radius 2 is 2.08 bits per heavy atom. The molecule has 4 rings (SSSR count). The van der Waals surface area contributed by atoms with Gasteiger partial charge >= 0.3 is 0 Å². The van der Waals surface area contributed by atoms with Crippen LogP contribution in [0.3, 0.4) is 0 Å². The average molecular weight is 353 g/mol. The molecule has 0 radical (unpaired) electrons. The molecule has 0 spiro atoms. The second-order valence-electron chi connectivity index (χ2n) is 5.24.